The Balaban J connectivity index is 1.93. The number of nitrogens with zero attached hydrogens (tertiary/aromatic N) is 3. The number of nitro groups is 2. The molecule has 2 aromatic carbocycles. The third-order valence-electron chi connectivity index (χ3n) is 4.25. The summed E-state index contributed by atoms with van der Waals surface area (Å²) < 4.78 is 0. The van der Waals surface area contributed by atoms with Gasteiger partial charge < -0.3 is 0 Å². The molecule has 0 heterocycles. The molecule has 1 N–H and O–H groups in total. The molecule has 25 heavy (non-hydrogen) atoms. The lowest BCUT2D eigenvalue weighted by Crippen LogP contribution is -2.24. The predicted molar refractivity (Wildman–Crippen MR) is 93.7 cm³/mol. The fourth-order valence-corrected chi connectivity index (χ4v) is 2.68. The largest absolute Gasteiger partial charge is 0.301 e. The first kappa shape index (κ1) is 16.6. The standard InChI is InChI=1S/C17H16N4O4/c22-20(23)14-9-10-15(16(11-14)21(24)25)18-19-17(13-7-4-8-13)12-5-2-1-3-6-12/h1-3,5-6,9-11,13,18H,4,7-8H2. The van der Waals surface area contributed by atoms with E-state index in [0.717, 1.165) is 36.6 Å². The molecule has 0 unspecified atom stereocenters. The van der Waals surface area contributed by atoms with Crippen LogP contribution in [0.15, 0.2) is 53.6 Å². The van der Waals surface area contributed by atoms with Crippen molar-refractivity contribution in [2.75, 3.05) is 5.43 Å². The Bertz CT molecular complexity index is 832. The number of benzene rings is 2. The minimum Gasteiger partial charge on any atom is -0.271 e. The lowest BCUT2D eigenvalue weighted by atomic mass is 9.79. The average Bonchev–Trinajstić information content (AvgIpc) is 2.57. The maximum Gasteiger partial charge on any atom is 0.301 e. The Labute approximate surface area is 143 Å². The molecule has 1 fully saturated rings. The third kappa shape index (κ3) is 3.63. The van der Waals surface area contributed by atoms with Gasteiger partial charge in [-0.25, -0.2) is 0 Å². The third-order valence-corrected chi connectivity index (χ3v) is 4.25. The van der Waals surface area contributed by atoms with E-state index in [4.69, 9.17) is 0 Å². The minimum absolute atomic E-state index is 0.128. The second-order valence-electron chi connectivity index (χ2n) is 5.82. The first-order valence-electron chi connectivity index (χ1n) is 7.88. The van der Waals surface area contributed by atoms with Gasteiger partial charge in [-0.1, -0.05) is 36.8 Å². The molecule has 0 amide bonds. The van der Waals surface area contributed by atoms with Gasteiger partial charge >= 0.3 is 5.69 Å². The molecular weight excluding hydrogens is 324 g/mol. The fourth-order valence-electron chi connectivity index (χ4n) is 2.68. The molecule has 0 saturated heterocycles. The van der Waals surface area contributed by atoms with Crippen LogP contribution in [-0.4, -0.2) is 15.6 Å². The van der Waals surface area contributed by atoms with E-state index in [0.29, 0.717) is 5.92 Å². The number of hydrogen-bond acceptors (Lipinski definition) is 6. The smallest absolute Gasteiger partial charge is 0.271 e. The van der Waals surface area contributed by atoms with Gasteiger partial charge in [0.15, 0.2) is 0 Å². The molecule has 0 aliphatic heterocycles. The summed E-state index contributed by atoms with van der Waals surface area (Å²) in [6.07, 6.45) is 3.18. The molecule has 3 rings (SSSR count). The van der Waals surface area contributed by atoms with Crippen LogP contribution >= 0.6 is 0 Å². The van der Waals surface area contributed by atoms with Crippen molar-refractivity contribution in [1.82, 2.24) is 0 Å². The SMILES string of the molecule is O=[N+]([O-])c1ccc(NN=C(c2ccccc2)C2CCC2)c([N+](=O)[O-])c1. The van der Waals surface area contributed by atoms with Crippen molar-refractivity contribution in [3.63, 3.8) is 0 Å². The van der Waals surface area contributed by atoms with Crippen LogP contribution in [-0.2, 0) is 0 Å². The summed E-state index contributed by atoms with van der Waals surface area (Å²) in [5.74, 6) is 0.312. The highest BCUT2D eigenvalue weighted by Crippen LogP contribution is 2.32. The van der Waals surface area contributed by atoms with Gasteiger partial charge in [0.1, 0.15) is 5.69 Å². The zero-order valence-corrected chi connectivity index (χ0v) is 13.3. The minimum atomic E-state index is -0.663. The quantitative estimate of drug-likeness (QED) is 0.483. The number of hydrogen-bond donors (Lipinski definition) is 1. The highest BCUT2D eigenvalue weighted by molar-refractivity contribution is 6.03. The van der Waals surface area contributed by atoms with Crippen molar-refractivity contribution < 1.29 is 9.85 Å². The Morgan fingerprint density at radius 2 is 1.76 bits per heavy atom. The molecule has 0 spiro atoms. The summed E-state index contributed by atoms with van der Waals surface area (Å²) in [5, 5.41) is 26.4. The van der Waals surface area contributed by atoms with Crippen LogP contribution in [0.25, 0.3) is 0 Å². The molecule has 2 aromatic rings. The Hall–Kier alpha value is -3.29. The van der Waals surface area contributed by atoms with E-state index in [1.54, 1.807) is 0 Å². The normalized spacial score (nSPS) is 14.6. The summed E-state index contributed by atoms with van der Waals surface area (Å²) in [5.41, 5.74) is 3.96. The van der Waals surface area contributed by atoms with Crippen molar-refractivity contribution in [3.8, 4) is 0 Å². The van der Waals surface area contributed by atoms with Crippen LogP contribution < -0.4 is 5.43 Å². The van der Waals surface area contributed by atoms with E-state index in [2.05, 4.69) is 10.5 Å². The number of nitro benzene ring substituents is 2. The molecule has 8 heteroatoms. The van der Waals surface area contributed by atoms with Crippen molar-refractivity contribution in [3.05, 3.63) is 74.3 Å². The summed E-state index contributed by atoms with van der Waals surface area (Å²) in [4.78, 5) is 20.7. The maximum absolute atomic E-state index is 11.2. The van der Waals surface area contributed by atoms with Gasteiger partial charge in [-0.3, -0.25) is 25.7 Å². The van der Waals surface area contributed by atoms with Crippen molar-refractivity contribution in [1.29, 1.82) is 0 Å². The highest BCUT2D eigenvalue weighted by atomic mass is 16.6. The summed E-state index contributed by atoms with van der Waals surface area (Å²) in [7, 11) is 0. The molecule has 1 aliphatic rings. The summed E-state index contributed by atoms with van der Waals surface area (Å²) >= 11 is 0. The zero-order valence-electron chi connectivity index (χ0n) is 13.3. The molecule has 0 atom stereocenters. The second kappa shape index (κ2) is 7.08. The Morgan fingerprint density at radius 3 is 2.32 bits per heavy atom. The number of non-ortho nitro benzene ring substituents is 1. The summed E-state index contributed by atoms with van der Waals surface area (Å²) in [6.45, 7) is 0. The molecule has 0 bridgehead atoms. The maximum atomic E-state index is 11.2. The van der Waals surface area contributed by atoms with E-state index >= 15 is 0 Å². The van der Waals surface area contributed by atoms with E-state index in [1.165, 1.54) is 12.1 Å². The van der Waals surface area contributed by atoms with Gasteiger partial charge in [-0.2, -0.15) is 5.10 Å². The fraction of sp³-hybridized carbons (Fsp3) is 0.235. The molecule has 0 radical (unpaired) electrons. The van der Waals surface area contributed by atoms with Gasteiger partial charge in [0, 0.05) is 12.0 Å². The molecule has 1 saturated carbocycles. The number of nitrogens with one attached hydrogen (secondary N) is 1. The first-order valence-corrected chi connectivity index (χ1v) is 7.88. The van der Waals surface area contributed by atoms with Crippen LogP contribution in [0.3, 0.4) is 0 Å². The van der Waals surface area contributed by atoms with Crippen LogP contribution in [0.2, 0.25) is 0 Å². The van der Waals surface area contributed by atoms with Gasteiger partial charge in [0.2, 0.25) is 0 Å². The second-order valence-corrected chi connectivity index (χ2v) is 5.82. The Kier molecular flexibility index (Phi) is 4.69. The molecule has 8 nitrogen and oxygen atoms in total. The van der Waals surface area contributed by atoms with Gasteiger partial charge in [0.25, 0.3) is 5.69 Å². The summed E-state index contributed by atoms with van der Waals surface area (Å²) in [6, 6.07) is 13.1. The lowest BCUT2D eigenvalue weighted by Gasteiger charge is -2.27. The van der Waals surface area contributed by atoms with Gasteiger partial charge in [-0.15, -0.1) is 0 Å². The van der Waals surface area contributed by atoms with Gasteiger partial charge in [0.05, 0.1) is 21.6 Å². The molecule has 0 aromatic heterocycles. The average molecular weight is 340 g/mol. The van der Waals surface area contributed by atoms with Crippen LogP contribution in [0.1, 0.15) is 24.8 Å². The van der Waals surface area contributed by atoms with E-state index in [-0.39, 0.29) is 17.1 Å². The van der Waals surface area contributed by atoms with Crippen LogP contribution in [0, 0.1) is 26.1 Å². The number of anilines is 1. The first-order chi connectivity index (χ1) is 12.1. The lowest BCUT2D eigenvalue weighted by molar-refractivity contribution is -0.393. The number of rotatable bonds is 6. The van der Waals surface area contributed by atoms with Crippen molar-refractivity contribution in [2.24, 2.45) is 11.0 Å². The van der Waals surface area contributed by atoms with Crippen molar-refractivity contribution in [2.45, 2.75) is 19.3 Å². The number of hydrazone groups is 1. The van der Waals surface area contributed by atoms with Crippen LogP contribution in [0.5, 0.6) is 0 Å². The highest BCUT2D eigenvalue weighted by Gasteiger charge is 2.25. The molecule has 1 aliphatic carbocycles. The Morgan fingerprint density at radius 1 is 1.04 bits per heavy atom. The van der Waals surface area contributed by atoms with Crippen LogP contribution in [0.4, 0.5) is 17.1 Å². The molecule has 128 valence electrons. The topological polar surface area (TPSA) is 111 Å². The monoisotopic (exact) mass is 340 g/mol. The van der Waals surface area contributed by atoms with E-state index < -0.39 is 9.85 Å². The zero-order chi connectivity index (χ0) is 17.8. The predicted octanol–water partition coefficient (Wildman–Crippen LogP) is 4.12. The van der Waals surface area contributed by atoms with Crippen molar-refractivity contribution >= 4 is 22.8 Å². The van der Waals surface area contributed by atoms with E-state index in [1.807, 2.05) is 30.3 Å². The van der Waals surface area contributed by atoms with E-state index in [9.17, 15) is 20.2 Å². The molecular formula is C17H16N4O4. The van der Waals surface area contributed by atoms with Gasteiger partial charge in [-0.05, 0) is 24.5 Å².